The largest absolute Gasteiger partial charge is 0.305 e. The monoisotopic (exact) mass is 356 g/mol. The molecule has 0 N–H and O–H groups in total. The van der Waals surface area contributed by atoms with E-state index in [4.69, 9.17) is 4.84 Å². The van der Waals surface area contributed by atoms with Crippen LogP contribution in [0, 0.1) is 5.82 Å². The quantitative estimate of drug-likeness (QED) is 0.660. The Morgan fingerprint density at radius 2 is 1.88 bits per heavy atom. The predicted molar refractivity (Wildman–Crippen MR) is 97.1 cm³/mol. The van der Waals surface area contributed by atoms with Crippen LogP contribution in [-0.2, 0) is 11.4 Å². The van der Waals surface area contributed by atoms with E-state index in [1.165, 1.54) is 26.3 Å². The molecule has 0 radical (unpaired) electrons. The average Bonchev–Trinajstić information content (AvgIpc) is 2.99. The molecule has 0 aliphatic rings. The minimum Gasteiger partial charge on any atom is -0.305 e. The van der Waals surface area contributed by atoms with E-state index >= 15 is 0 Å². The normalized spacial score (nSPS) is 11.3. The van der Waals surface area contributed by atoms with Crippen LogP contribution in [0.4, 0.5) is 4.39 Å². The molecule has 3 aromatic rings. The van der Waals surface area contributed by atoms with E-state index in [1.807, 2.05) is 32.4 Å². The maximum atomic E-state index is 13.3. The molecule has 2 aromatic heterocycles. The fourth-order valence-corrected chi connectivity index (χ4v) is 2.80. The molecular weight excluding hydrogens is 335 g/mol. The summed E-state index contributed by atoms with van der Waals surface area (Å²) in [5, 5.41) is 1.14. The van der Waals surface area contributed by atoms with Gasteiger partial charge in [-0.1, -0.05) is 0 Å². The standard InChI is InChI=1S/C19H21FN4O2/c1-22(2)12-13-9-10-24-16(11-13)21-17(14-5-7-15(20)8-6-14)18(24)19(25)23(3)26-4/h5-11H,12H2,1-4H3. The van der Waals surface area contributed by atoms with Crippen molar-refractivity contribution >= 4 is 11.6 Å². The van der Waals surface area contributed by atoms with Crippen molar-refractivity contribution in [1.82, 2.24) is 19.3 Å². The summed E-state index contributed by atoms with van der Waals surface area (Å²) in [6, 6.07) is 9.82. The van der Waals surface area contributed by atoms with Crippen LogP contribution in [0.5, 0.6) is 0 Å². The molecule has 2 heterocycles. The number of amides is 1. The first-order chi connectivity index (χ1) is 12.4. The molecule has 1 aromatic carbocycles. The van der Waals surface area contributed by atoms with Crippen LogP contribution in [0.15, 0.2) is 42.6 Å². The van der Waals surface area contributed by atoms with E-state index in [2.05, 4.69) is 9.88 Å². The highest BCUT2D eigenvalue weighted by Crippen LogP contribution is 2.26. The second-order valence-corrected chi connectivity index (χ2v) is 6.30. The van der Waals surface area contributed by atoms with Gasteiger partial charge in [-0.3, -0.25) is 14.0 Å². The molecule has 3 rings (SSSR count). The van der Waals surface area contributed by atoms with Crippen LogP contribution in [-0.4, -0.2) is 53.5 Å². The van der Waals surface area contributed by atoms with Crippen LogP contribution in [0.25, 0.3) is 16.9 Å². The van der Waals surface area contributed by atoms with Gasteiger partial charge in [0.05, 0.1) is 7.11 Å². The molecule has 0 bridgehead atoms. The van der Waals surface area contributed by atoms with Crippen LogP contribution >= 0.6 is 0 Å². The molecular formula is C19H21FN4O2. The molecule has 0 unspecified atom stereocenters. The number of hydrogen-bond acceptors (Lipinski definition) is 4. The molecule has 136 valence electrons. The maximum absolute atomic E-state index is 13.3. The number of nitrogens with zero attached hydrogens (tertiary/aromatic N) is 4. The summed E-state index contributed by atoms with van der Waals surface area (Å²) in [4.78, 5) is 24.6. The van der Waals surface area contributed by atoms with Crippen molar-refractivity contribution in [1.29, 1.82) is 0 Å². The van der Waals surface area contributed by atoms with Gasteiger partial charge in [-0.2, -0.15) is 0 Å². The summed E-state index contributed by atoms with van der Waals surface area (Å²) in [6.45, 7) is 0.760. The van der Waals surface area contributed by atoms with E-state index in [9.17, 15) is 9.18 Å². The highest BCUT2D eigenvalue weighted by molar-refractivity contribution is 5.99. The minimum atomic E-state index is -0.340. The van der Waals surface area contributed by atoms with Crippen LogP contribution in [0.2, 0.25) is 0 Å². The van der Waals surface area contributed by atoms with Crippen LogP contribution in [0.1, 0.15) is 16.1 Å². The Hall–Kier alpha value is -2.77. The van der Waals surface area contributed by atoms with Crippen molar-refractivity contribution in [2.75, 3.05) is 28.3 Å². The van der Waals surface area contributed by atoms with Crippen molar-refractivity contribution in [2.45, 2.75) is 6.54 Å². The number of halogens is 1. The zero-order valence-electron chi connectivity index (χ0n) is 15.2. The lowest BCUT2D eigenvalue weighted by Gasteiger charge is -2.14. The molecule has 0 spiro atoms. The smallest absolute Gasteiger partial charge is 0.296 e. The van der Waals surface area contributed by atoms with Crippen molar-refractivity contribution < 1.29 is 14.0 Å². The Balaban J connectivity index is 2.20. The topological polar surface area (TPSA) is 50.1 Å². The predicted octanol–water partition coefficient (Wildman–Crippen LogP) is 2.84. The lowest BCUT2D eigenvalue weighted by Crippen LogP contribution is -2.27. The lowest BCUT2D eigenvalue weighted by atomic mass is 10.1. The van der Waals surface area contributed by atoms with Crippen LogP contribution < -0.4 is 0 Å². The Morgan fingerprint density at radius 1 is 1.19 bits per heavy atom. The van der Waals surface area contributed by atoms with Crippen LogP contribution in [0.3, 0.4) is 0 Å². The van der Waals surface area contributed by atoms with Gasteiger partial charge in [-0.15, -0.1) is 0 Å². The minimum absolute atomic E-state index is 0.334. The molecule has 0 saturated heterocycles. The van der Waals surface area contributed by atoms with Gasteiger partial charge in [-0.25, -0.2) is 14.4 Å². The number of rotatable bonds is 5. The fraction of sp³-hybridized carbons (Fsp3) is 0.263. The van der Waals surface area contributed by atoms with Gasteiger partial charge < -0.3 is 4.90 Å². The maximum Gasteiger partial charge on any atom is 0.296 e. The van der Waals surface area contributed by atoms with Gasteiger partial charge in [0.1, 0.15) is 22.9 Å². The number of hydrogen-bond donors (Lipinski definition) is 0. The van der Waals surface area contributed by atoms with Crippen molar-refractivity contribution in [2.24, 2.45) is 0 Å². The summed E-state index contributed by atoms with van der Waals surface area (Å²) in [5.41, 5.74) is 3.25. The third-order valence-corrected chi connectivity index (χ3v) is 4.07. The van der Waals surface area contributed by atoms with Crippen molar-refractivity contribution in [3.63, 3.8) is 0 Å². The number of hydroxylamine groups is 2. The van der Waals surface area contributed by atoms with E-state index in [1.54, 1.807) is 16.5 Å². The number of benzene rings is 1. The Bertz CT molecular complexity index is 935. The van der Waals surface area contributed by atoms with Gasteiger partial charge in [0, 0.05) is 25.4 Å². The SMILES string of the molecule is CON(C)C(=O)c1c(-c2ccc(F)cc2)nc2cc(CN(C)C)ccn12. The van der Waals surface area contributed by atoms with Crippen molar-refractivity contribution in [3.05, 3.63) is 59.7 Å². The zero-order chi connectivity index (χ0) is 18.8. The number of fused-ring (bicyclic) bond motifs is 1. The lowest BCUT2D eigenvalue weighted by molar-refractivity contribution is -0.0760. The number of imidazole rings is 1. The molecule has 0 aliphatic heterocycles. The highest BCUT2D eigenvalue weighted by atomic mass is 19.1. The van der Waals surface area contributed by atoms with Crippen molar-refractivity contribution in [3.8, 4) is 11.3 Å². The van der Waals surface area contributed by atoms with E-state index < -0.39 is 0 Å². The second kappa shape index (κ2) is 7.23. The molecule has 0 atom stereocenters. The number of carbonyl (C=O) groups is 1. The summed E-state index contributed by atoms with van der Waals surface area (Å²) >= 11 is 0. The van der Waals surface area contributed by atoms with E-state index in [0.717, 1.165) is 17.2 Å². The van der Waals surface area contributed by atoms with E-state index in [0.29, 0.717) is 22.6 Å². The third-order valence-electron chi connectivity index (χ3n) is 4.07. The van der Waals surface area contributed by atoms with E-state index in [-0.39, 0.29) is 11.7 Å². The summed E-state index contributed by atoms with van der Waals surface area (Å²) in [5.74, 6) is -0.674. The fourth-order valence-electron chi connectivity index (χ4n) is 2.80. The number of pyridine rings is 1. The third kappa shape index (κ3) is 3.44. The molecule has 6 nitrogen and oxygen atoms in total. The van der Waals surface area contributed by atoms with Gasteiger partial charge in [0.15, 0.2) is 0 Å². The Labute approximate surface area is 151 Å². The first-order valence-electron chi connectivity index (χ1n) is 8.14. The Kier molecular flexibility index (Phi) is 5.01. The molecule has 0 fully saturated rings. The Morgan fingerprint density at radius 3 is 2.50 bits per heavy atom. The summed E-state index contributed by atoms with van der Waals surface area (Å²) in [7, 11) is 6.94. The first kappa shape index (κ1) is 18.0. The summed E-state index contributed by atoms with van der Waals surface area (Å²) in [6.07, 6.45) is 1.82. The number of aromatic nitrogens is 2. The molecule has 26 heavy (non-hydrogen) atoms. The molecule has 0 saturated carbocycles. The van der Waals surface area contributed by atoms with Gasteiger partial charge in [0.2, 0.25) is 0 Å². The van der Waals surface area contributed by atoms with Gasteiger partial charge >= 0.3 is 0 Å². The second-order valence-electron chi connectivity index (χ2n) is 6.30. The summed E-state index contributed by atoms with van der Waals surface area (Å²) < 4.78 is 15.0. The zero-order valence-corrected chi connectivity index (χ0v) is 15.2. The number of carbonyl (C=O) groups excluding carboxylic acids is 1. The first-order valence-corrected chi connectivity index (χ1v) is 8.14. The molecule has 7 heteroatoms. The van der Waals surface area contributed by atoms with Gasteiger partial charge in [-0.05, 0) is 56.1 Å². The average molecular weight is 356 g/mol. The molecule has 1 amide bonds. The highest BCUT2D eigenvalue weighted by Gasteiger charge is 2.24. The molecule has 0 aliphatic carbocycles. The van der Waals surface area contributed by atoms with Gasteiger partial charge in [0.25, 0.3) is 5.91 Å².